The SMILES string of the molecule is O=C1NC(=O)C2CCCCC12. The van der Waals surface area contributed by atoms with E-state index in [2.05, 4.69) is 5.32 Å². The number of nitrogens with one attached hydrogen (secondary N) is 1. The molecule has 1 saturated heterocycles. The molecule has 0 aromatic heterocycles. The van der Waals surface area contributed by atoms with Gasteiger partial charge in [-0.3, -0.25) is 14.9 Å². The smallest absolute Gasteiger partial charge is 0.230 e. The summed E-state index contributed by atoms with van der Waals surface area (Å²) in [6.07, 6.45) is 4.01. The van der Waals surface area contributed by atoms with Gasteiger partial charge in [-0.1, -0.05) is 12.8 Å². The Balaban J connectivity index is 2.19. The van der Waals surface area contributed by atoms with Crippen LogP contribution in [0.4, 0.5) is 0 Å². The number of rotatable bonds is 0. The Morgan fingerprint density at radius 2 is 1.45 bits per heavy atom. The van der Waals surface area contributed by atoms with Crippen molar-refractivity contribution in [1.29, 1.82) is 0 Å². The summed E-state index contributed by atoms with van der Waals surface area (Å²) < 4.78 is 0. The number of carbonyl (C=O) groups is 2. The average molecular weight is 153 g/mol. The van der Waals surface area contributed by atoms with Gasteiger partial charge in [-0.2, -0.15) is 0 Å². The lowest BCUT2D eigenvalue weighted by Crippen LogP contribution is -2.21. The lowest BCUT2D eigenvalue weighted by atomic mass is 9.81. The molecule has 0 bridgehead atoms. The molecule has 2 aliphatic rings. The van der Waals surface area contributed by atoms with Crippen molar-refractivity contribution in [3.63, 3.8) is 0 Å². The van der Waals surface area contributed by atoms with Crippen LogP contribution in [0.1, 0.15) is 25.7 Å². The highest BCUT2D eigenvalue weighted by atomic mass is 16.2. The molecule has 2 unspecified atom stereocenters. The molecule has 0 radical (unpaired) electrons. The highest BCUT2D eigenvalue weighted by molar-refractivity contribution is 6.05. The van der Waals surface area contributed by atoms with Crippen LogP contribution < -0.4 is 5.32 Å². The zero-order chi connectivity index (χ0) is 7.84. The second kappa shape index (κ2) is 2.32. The van der Waals surface area contributed by atoms with Gasteiger partial charge >= 0.3 is 0 Å². The third-order valence-corrected chi connectivity index (χ3v) is 2.69. The topological polar surface area (TPSA) is 46.2 Å². The Bertz CT molecular complexity index is 190. The van der Waals surface area contributed by atoms with Gasteiger partial charge in [0, 0.05) is 11.8 Å². The van der Waals surface area contributed by atoms with Crippen molar-refractivity contribution in [2.45, 2.75) is 25.7 Å². The molecule has 0 aromatic carbocycles. The molecule has 0 aromatic rings. The molecule has 2 fully saturated rings. The molecule has 3 heteroatoms. The first-order valence-electron chi connectivity index (χ1n) is 4.14. The van der Waals surface area contributed by atoms with Crippen molar-refractivity contribution >= 4 is 11.8 Å². The minimum Gasteiger partial charge on any atom is -0.296 e. The van der Waals surface area contributed by atoms with Crippen molar-refractivity contribution in [3.8, 4) is 0 Å². The van der Waals surface area contributed by atoms with Gasteiger partial charge in [0.05, 0.1) is 0 Å². The van der Waals surface area contributed by atoms with Crippen LogP contribution in [0, 0.1) is 11.8 Å². The van der Waals surface area contributed by atoms with E-state index in [-0.39, 0.29) is 23.7 Å². The van der Waals surface area contributed by atoms with Gasteiger partial charge in [0.15, 0.2) is 0 Å². The molecule has 0 spiro atoms. The fourth-order valence-electron chi connectivity index (χ4n) is 2.07. The summed E-state index contributed by atoms with van der Waals surface area (Å²) in [4.78, 5) is 22.2. The van der Waals surface area contributed by atoms with Crippen molar-refractivity contribution in [1.82, 2.24) is 5.32 Å². The van der Waals surface area contributed by atoms with E-state index in [1.165, 1.54) is 0 Å². The standard InChI is InChI=1S/C8H11NO2/c10-7-5-3-1-2-4-6(5)8(11)9-7/h5-6H,1-4H2,(H,9,10,11). The van der Waals surface area contributed by atoms with E-state index in [0.717, 1.165) is 25.7 Å². The fourth-order valence-corrected chi connectivity index (χ4v) is 2.07. The van der Waals surface area contributed by atoms with E-state index < -0.39 is 0 Å². The first-order chi connectivity index (χ1) is 5.29. The Kier molecular flexibility index (Phi) is 1.44. The van der Waals surface area contributed by atoms with Gasteiger partial charge in [-0.15, -0.1) is 0 Å². The first-order valence-corrected chi connectivity index (χ1v) is 4.14. The summed E-state index contributed by atoms with van der Waals surface area (Å²) in [6, 6.07) is 0. The van der Waals surface area contributed by atoms with E-state index in [9.17, 15) is 9.59 Å². The fraction of sp³-hybridized carbons (Fsp3) is 0.750. The van der Waals surface area contributed by atoms with E-state index >= 15 is 0 Å². The molecule has 3 nitrogen and oxygen atoms in total. The van der Waals surface area contributed by atoms with Crippen molar-refractivity contribution < 1.29 is 9.59 Å². The molecule has 11 heavy (non-hydrogen) atoms. The Morgan fingerprint density at radius 1 is 1.00 bits per heavy atom. The molecule has 1 heterocycles. The van der Waals surface area contributed by atoms with E-state index in [0.29, 0.717) is 0 Å². The summed E-state index contributed by atoms with van der Waals surface area (Å²) in [5.41, 5.74) is 0. The summed E-state index contributed by atoms with van der Waals surface area (Å²) in [5, 5.41) is 2.38. The van der Waals surface area contributed by atoms with E-state index in [1.807, 2.05) is 0 Å². The molecule has 1 saturated carbocycles. The molecule has 2 atom stereocenters. The maximum Gasteiger partial charge on any atom is 0.230 e. The molecule has 1 N–H and O–H groups in total. The van der Waals surface area contributed by atoms with Gasteiger partial charge in [0.25, 0.3) is 0 Å². The van der Waals surface area contributed by atoms with Crippen molar-refractivity contribution in [2.24, 2.45) is 11.8 Å². The van der Waals surface area contributed by atoms with Crippen molar-refractivity contribution in [2.75, 3.05) is 0 Å². The number of hydrogen-bond donors (Lipinski definition) is 1. The maximum absolute atomic E-state index is 11.1. The van der Waals surface area contributed by atoms with Gasteiger partial charge in [0.2, 0.25) is 11.8 Å². The van der Waals surface area contributed by atoms with Crippen molar-refractivity contribution in [3.05, 3.63) is 0 Å². The summed E-state index contributed by atoms with van der Waals surface area (Å²) in [5.74, 6) is -0.0631. The zero-order valence-electron chi connectivity index (χ0n) is 6.30. The van der Waals surface area contributed by atoms with Gasteiger partial charge in [-0.05, 0) is 12.8 Å². The minimum atomic E-state index is -0.0419. The summed E-state index contributed by atoms with van der Waals surface area (Å²) in [7, 11) is 0. The largest absolute Gasteiger partial charge is 0.296 e. The van der Waals surface area contributed by atoms with Crippen LogP contribution in [-0.2, 0) is 9.59 Å². The van der Waals surface area contributed by atoms with Crippen LogP contribution >= 0.6 is 0 Å². The quantitative estimate of drug-likeness (QED) is 0.513. The maximum atomic E-state index is 11.1. The number of hydrogen-bond acceptors (Lipinski definition) is 2. The van der Waals surface area contributed by atoms with Gasteiger partial charge in [0.1, 0.15) is 0 Å². The lowest BCUT2D eigenvalue weighted by molar-refractivity contribution is -0.126. The molecule has 2 amide bonds. The number of amides is 2. The van der Waals surface area contributed by atoms with Crippen LogP contribution in [0.2, 0.25) is 0 Å². The highest BCUT2D eigenvalue weighted by Gasteiger charge is 2.42. The third-order valence-electron chi connectivity index (χ3n) is 2.69. The minimum absolute atomic E-state index is 0.0104. The second-order valence-electron chi connectivity index (χ2n) is 3.35. The third kappa shape index (κ3) is 0.951. The number of imide groups is 1. The van der Waals surface area contributed by atoms with Gasteiger partial charge < -0.3 is 0 Å². The monoisotopic (exact) mass is 153 g/mol. The predicted molar refractivity (Wildman–Crippen MR) is 38.6 cm³/mol. The van der Waals surface area contributed by atoms with Gasteiger partial charge in [-0.25, -0.2) is 0 Å². The molecule has 1 aliphatic heterocycles. The Morgan fingerprint density at radius 3 is 1.91 bits per heavy atom. The predicted octanol–water partition coefficient (Wildman–Crippen LogP) is 0.449. The number of fused-ring (bicyclic) bond motifs is 1. The average Bonchev–Trinajstić information content (AvgIpc) is 2.30. The highest BCUT2D eigenvalue weighted by Crippen LogP contribution is 2.33. The molecular formula is C8H11NO2. The normalized spacial score (nSPS) is 36.7. The van der Waals surface area contributed by atoms with Crippen LogP contribution in [0.15, 0.2) is 0 Å². The Hall–Kier alpha value is -0.860. The van der Waals surface area contributed by atoms with Crippen LogP contribution in [0.5, 0.6) is 0 Å². The van der Waals surface area contributed by atoms with Crippen LogP contribution in [0.25, 0.3) is 0 Å². The zero-order valence-corrected chi connectivity index (χ0v) is 6.30. The summed E-state index contributed by atoms with van der Waals surface area (Å²) >= 11 is 0. The van der Waals surface area contributed by atoms with Crippen LogP contribution in [-0.4, -0.2) is 11.8 Å². The lowest BCUT2D eigenvalue weighted by Gasteiger charge is -2.19. The summed E-state index contributed by atoms with van der Waals surface area (Å²) in [6.45, 7) is 0. The molecule has 2 rings (SSSR count). The van der Waals surface area contributed by atoms with Crippen LogP contribution in [0.3, 0.4) is 0 Å². The van der Waals surface area contributed by atoms with E-state index in [4.69, 9.17) is 0 Å². The molecule has 1 aliphatic carbocycles. The molecular weight excluding hydrogens is 142 g/mol. The second-order valence-corrected chi connectivity index (χ2v) is 3.35. The first kappa shape index (κ1) is 6.83. The Labute approximate surface area is 65.2 Å². The van der Waals surface area contributed by atoms with E-state index in [1.54, 1.807) is 0 Å². The number of carbonyl (C=O) groups excluding carboxylic acids is 2. The molecule has 60 valence electrons.